The summed E-state index contributed by atoms with van der Waals surface area (Å²) in [5.74, 6) is 0. The Kier molecular flexibility index (Phi) is 16.9. The molecule has 0 bridgehead atoms. The number of hydrogen-bond acceptors (Lipinski definition) is 5. The number of hydrogen-bond donors (Lipinski definition) is 1. The van der Waals surface area contributed by atoms with Gasteiger partial charge < -0.3 is 36.1 Å². The van der Waals surface area contributed by atoms with Crippen molar-refractivity contribution < 1.29 is 30.4 Å². The first-order valence-electron chi connectivity index (χ1n) is 1.31. The molecule has 0 aromatic rings. The number of amides is 1. The molecule has 7 nitrogen and oxygen atoms in total. The molecule has 0 aromatic carbocycles. The van der Waals surface area contributed by atoms with Crippen LogP contribution in [0.25, 0.3) is 0 Å². The molecular weight excluding hydrogens is 134 g/mol. The van der Waals surface area contributed by atoms with Crippen molar-refractivity contribution in [3.05, 3.63) is 0 Å². The molecule has 7 heteroatoms. The van der Waals surface area contributed by atoms with Gasteiger partial charge in [0, 0.05) is 0 Å². The fourth-order valence-corrected chi connectivity index (χ4v) is 0. The van der Waals surface area contributed by atoms with E-state index in [1.165, 1.54) is 0 Å². The van der Waals surface area contributed by atoms with Crippen molar-refractivity contribution >= 4 is 12.2 Å². The topological polar surface area (TPSA) is 161 Å². The molecule has 1 amide bonds. The monoisotopic (exact) mass is 138 g/mol. The molecule has 0 aliphatic rings. The largest absolute Gasteiger partial charge is 0.652 e. The van der Waals surface area contributed by atoms with E-state index in [4.69, 9.17) is 24.9 Å². The van der Waals surface area contributed by atoms with E-state index in [-0.39, 0.29) is 5.48 Å². The van der Waals surface area contributed by atoms with Gasteiger partial charge in [-0.15, -0.1) is 0 Å². The fraction of sp³-hybridized carbons (Fsp3) is 0. The molecule has 0 aromatic heterocycles. The minimum Gasteiger partial charge on any atom is -0.652 e. The third-order valence-electron chi connectivity index (χ3n) is 0. The lowest BCUT2D eigenvalue weighted by Crippen LogP contribution is -2.37. The molecule has 9 heavy (non-hydrogen) atoms. The minimum absolute atomic E-state index is 0. The second-order valence-electron chi connectivity index (χ2n) is 0.569. The smallest absolute Gasteiger partial charge is 0.131 e. The number of rotatable bonds is 0. The van der Waals surface area contributed by atoms with Gasteiger partial charge in [0.1, 0.15) is 6.09 Å². The second kappa shape index (κ2) is 9.71. The van der Waals surface area contributed by atoms with E-state index in [2.05, 4.69) is 5.73 Å². The van der Waals surface area contributed by atoms with E-state index in [0.29, 0.717) is 0 Å². The second-order valence-corrected chi connectivity index (χ2v) is 0.569. The van der Waals surface area contributed by atoms with Gasteiger partial charge in [-0.1, -0.05) is 0 Å². The first-order chi connectivity index (χ1) is 3.46. The van der Waals surface area contributed by atoms with Crippen LogP contribution >= 0.6 is 0 Å². The van der Waals surface area contributed by atoms with Crippen LogP contribution in [0.4, 0.5) is 9.59 Å². The molecular formula is C2H4NO6-3. The minimum atomic E-state index is -2.33. The van der Waals surface area contributed by atoms with Crippen molar-refractivity contribution in [2.45, 2.75) is 0 Å². The molecule has 0 rings (SSSR count). The molecule has 4 N–H and O–H groups in total. The zero-order chi connectivity index (χ0) is 7.15. The van der Waals surface area contributed by atoms with Crippen molar-refractivity contribution in [2.75, 3.05) is 0 Å². The summed E-state index contributed by atoms with van der Waals surface area (Å²) in [6, 6.07) is 0. The van der Waals surface area contributed by atoms with Gasteiger partial charge in [-0.05, 0) is 6.16 Å². The third-order valence-corrected chi connectivity index (χ3v) is 0. The normalized spacial score (nSPS) is 5.33. The lowest BCUT2D eigenvalue weighted by Gasteiger charge is -1.96. The zero-order valence-electron chi connectivity index (χ0n) is 4.12. The lowest BCUT2D eigenvalue weighted by molar-refractivity contribution is -0.415. The van der Waals surface area contributed by atoms with Gasteiger partial charge in [0.25, 0.3) is 0 Å². The maximum absolute atomic E-state index is 8.67. The Labute approximate surface area is 49.6 Å². The molecule has 0 spiro atoms. The van der Waals surface area contributed by atoms with Crippen LogP contribution in [0, 0.1) is 0 Å². The summed E-state index contributed by atoms with van der Waals surface area (Å²) in [5.41, 5.74) is 3.92. The Morgan fingerprint density at radius 2 is 1.11 bits per heavy atom. The van der Waals surface area contributed by atoms with Crippen LogP contribution < -0.4 is 21.1 Å². The molecule has 0 unspecified atom stereocenters. The Balaban J connectivity index is -0.0000000720. The van der Waals surface area contributed by atoms with Crippen molar-refractivity contribution in [2.24, 2.45) is 5.73 Å². The molecule has 0 heterocycles. The first-order valence-corrected chi connectivity index (χ1v) is 1.31. The Bertz CT molecular complexity index is 69.1. The van der Waals surface area contributed by atoms with Crippen molar-refractivity contribution in [1.29, 1.82) is 0 Å². The Morgan fingerprint density at radius 1 is 1.11 bits per heavy atom. The molecule has 0 saturated carbocycles. The van der Waals surface area contributed by atoms with Crippen LogP contribution in [0.5, 0.6) is 0 Å². The summed E-state index contributed by atoms with van der Waals surface area (Å²) in [6.45, 7) is 0. The quantitative estimate of drug-likeness (QED) is 0.353. The molecule has 0 fully saturated rings. The maximum atomic E-state index is 8.67. The molecule has 0 radical (unpaired) electrons. The van der Waals surface area contributed by atoms with Crippen LogP contribution in [0.3, 0.4) is 0 Å². The number of nitrogens with two attached hydrogens (primary N) is 1. The first kappa shape index (κ1) is 15.6. The van der Waals surface area contributed by atoms with E-state index in [1.54, 1.807) is 0 Å². The predicted octanol–water partition coefficient (Wildman–Crippen LogP) is -4.98. The Hall–Kier alpha value is -1.50. The van der Waals surface area contributed by atoms with Gasteiger partial charge >= 0.3 is 0 Å². The average Bonchev–Trinajstić information content (AvgIpc) is 1.25. The molecule has 0 saturated heterocycles. The van der Waals surface area contributed by atoms with Gasteiger partial charge in [-0.2, -0.15) is 0 Å². The van der Waals surface area contributed by atoms with Crippen molar-refractivity contribution in [3.8, 4) is 0 Å². The summed E-state index contributed by atoms with van der Waals surface area (Å²) in [5, 5.41) is 25.3. The predicted molar refractivity (Wildman–Crippen MR) is 18.6 cm³/mol. The van der Waals surface area contributed by atoms with Crippen molar-refractivity contribution in [1.82, 2.24) is 0 Å². The van der Waals surface area contributed by atoms with Gasteiger partial charge in [0.2, 0.25) is 0 Å². The van der Waals surface area contributed by atoms with Crippen LogP contribution in [0.15, 0.2) is 0 Å². The number of carbonyl (C=O) groups is 2. The third kappa shape index (κ3) is 58.5. The van der Waals surface area contributed by atoms with Gasteiger partial charge in [0.05, 0.1) is 0 Å². The highest BCUT2D eigenvalue weighted by molar-refractivity contribution is 5.58. The average molecular weight is 138 g/mol. The van der Waals surface area contributed by atoms with Crippen LogP contribution in [0.1, 0.15) is 0 Å². The lowest BCUT2D eigenvalue weighted by atomic mass is 11.3. The highest BCUT2D eigenvalue weighted by atomic mass is 16.6. The van der Waals surface area contributed by atoms with E-state index in [1.807, 2.05) is 0 Å². The van der Waals surface area contributed by atoms with E-state index < -0.39 is 12.2 Å². The van der Waals surface area contributed by atoms with Crippen LogP contribution in [-0.4, -0.2) is 17.7 Å². The highest BCUT2D eigenvalue weighted by Crippen LogP contribution is 1.23. The standard InChI is InChI=1S/CH3NO2.CH2O3.H2O/c2*2-1(3)4;/h2H2,(H,3,4);(H2,2,3,4);1H2/p-3. The van der Waals surface area contributed by atoms with E-state index >= 15 is 0 Å². The van der Waals surface area contributed by atoms with Crippen LogP contribution in [-0.2, 0) is 0 Å². The molecule has 0 atom stereocenters. The van der Waals surface area contributed by atoms with E-state index in [0.717, 1.165) is 0 Å². The van der Waals surface area contributed by atoms with Crippen molar-refractivity contribution in [3.63, 3.8) is 0 Å². The highest BCUT2D eigenvalue weighted by Gasteiger charge is 1.44. The summed E-state index contributed by atoms with van der Waals surface area (Å²) >= 11 is 0. The summed E-state index contributed by atoms with van der Waals surface area (Å²) in [7, 11) is 0. The maximum Gasteiger partial charge on any atom is 0.131 e. The SMILES string of the molecule is NC(=O)[O-].O.O=C([O-])[O-]. The van der Waals surface area contributed by atoms with Gasteiger partial charge in [-0.25, -0.2) is 0 Å². The number of primary amides is 1. The number of carbonyl (C=O) groups excluding carboxylic acids is 2. The zero-order valence-corrected chi connectivity index (χ0v) is 4.12. The van der Waals surface area contributed by atoms with Crippen LogP contribution in [0.2, 0.25) is 0 Å². The number of carboxylic acid groups (broad SMARTS) is 3. The van der Waals surface area contributed by atoms with Gasteiger partial charge in [-0.3, -0.25) is 0 Å². The summed E-state index contributed by atoms with van der Waals surface area (Å²) in [4.78, 5) is 17.0. The van der Waals surface area contributed by atoms with E-state index in [9.17, 15) is 0 Å². The fourth-order valence-electron chi connectivity index (χ4n) is 0. The van der Waals surface area contributed by atoms with Gasteiger partial charge in [0.15, 0.2) is 0 Å². The molecule has 56 valence electrons. The molecule has 0 aliphatic heterocycles. The summed E-state index contributed by atoms with van der Waals surface area (Å²) in [6.07, 6.45) is -3.92. The molecule has 0 aliphatic carbocycles. The summed E-state index contributed by atoms with van der Waals surface area (Å²) < 4.78 is 0. The Morgan fingerprint density at radius 3 is 1.11 bits per heavy atom.